The van der Waals surface area contributed by atoms with Gasteiger partial charge in [0.05, 0.1) is 5.69 Å². The number of hydrogen-bond donors (Lipinski definition) is 0. The molecule has 7 rings (SSSR count). The second-order valence-corrected chi connectivity index (χ2v) is 11.2. The van der Waals surface area contributed by atoms with Gasteiger partial charge in [-0.3, -0.25) is 4.98 Å². The van der Waals surface area contributed by atoms with E-state index in [1.54, 1.807) is 0 Å². The van der Waals surface area contributed by atoms with Gasteiger partial charge in [0.25, 0.3) is 0 Å². The average molecular weight is 483 g/mol. The van der Waals surface area contributed by atoms with Crippen LogP contribution in [-0.4, -0.2) is 4.98 Å². The molecule has 2 nitrogen and oxygen atoms in total. The summed E-state index contributed by atoms with van der Waals surface area (Å²) in [7, 11) is 0. The number of hydrogen-bond acceptors (Lipinski definition) is 2. The molecule has 0 amide bonds. The Morgan fingerprint density at radius 3 is 2.30 bits per heavy atom. The molecule has 0 unspecified atom stereocenters. The zero-order chi connectivity index (χ0) is 25.9. The minimum atomic E-state index is -0.475. The molecule has 1 aromatic heterocycles. The molecule has 1 aliphatic carbocycles. The zero-order valence-corrected chi connectivity index (χ0v) is 21.4. The van der Waals surface area contributed by atoms with Gasteiger partial charge in [-0.2, -0.15) is 0 Å². The van der Waals surface area contributed by atoms with Crippen molar-refractivity contribution in [3.63, 3.8) is 0 Å². The van der Waals surface area contributed by atoms with E-state index < -0.39 is 5.89 Å². The molecule has 1 aliphatic heterocycles. The highest BCUT2D eigenvalue weighted by atomic mass is 16.5. The van der Waals surface area contributed by atoms with E-state index in [4.69, 9.17) is 11.1 Å². The van der Waals surface area contributed by atoms with Crippen molar-refractivity contribution in [2.75, 3.05) is 0 Å². The first-order chi connectivity index (χ1) is 18.4. The topological polar surface area (TPSA) is 22.1 Å². The van der Waals surface area contributed by atoms with Crippen LogP contribution in [0, 0.1) is 5.41 Å². The molecule has 0 bridgehead atoms. The van der Waals surface area contributed by atoms with E-state index in [0.717, 1.165) is 76.1 Å². The van der Waals surface area contributed by atoms with Crippen molar-refractivity contribution in [3.8, 4) is 45.0 Å². The second-order valence-electron chi connectivity index (χ2n) is 11.2. The summed E-state index contributed by atoms with van der Waals surface area (Å²) in [4.78, 5) is 4.75. The Morgan fingerprint density at radius 1 is 0.784 bits per heavy atom. The summed E-state index contributed by atoms with van der Waals surface area (Å²) in [6.45, 7) is 4.65. The van der Waals surface area contributed by atoms with E-state index in [0.29, 0.717) is 5.41 Å². The molecule has 0 radical (unpaired) electrons. The molecule has 0 saturated heterocycles. The summed E-state index contributed by atoms with van der Waals surface area (Å²) in [6, 6.07) is 31.8. The van der Waals surface area contributed by atoms with Crippen LogP contribution in [0.25, 0.3) is 44.3 Å². The Hall–Kier alpha value is -3.91. The molecule has 4 aromatic carbocycles. The fourth-order valence-electron chi connectivity index (χ4n) is 5.96. The van der Waals surface area contributed by atoms with Crippen molar-refractivity contribution in [2.45, 2.75) is 45.4 Å². The van der Waals surface area contributed by atoms with E-state index >= 15 is 0 Å². The van der Waals surface area contributed by atoms with Crippen LogP contribution in [0.2, 0.25) is 0 Å². The quantitative estimate of drug-likeness (QED) is 0.250. The van der Waals surface area contributed by atoms with Crippen LogP contribution in [0.15, 0.2) is 97.2 Å². The van der Waals surface area contributed by atoms with Crippen molar-refractivity contribution in [1.82, 2.24) is 4.98 Å². The van der Waals surface area contributed by atoms with Gasteiger partial charge in [0.2, 0.25) is 0 Å². The van der Waals surface area contributed by atoms with Gasteiger partial charge in [-0.1, -0.05) is 80.6 Å². The van der Waals surface area contributed by atoms with E-state index in [1.165, 1.54) is 10.9 Å². The Bertz CT molecular complexity index is 1670. The lowest BCUT2D eigenvalue weighted by Crippen LogP contribution is -2.20. The molecule has 0 spiro atoms. The molecule has 0 atom stereocenters. The molecule has 37 heavy (non-hydrogen) atoms. The summed E-state index contributed by atoms with van der Waals surface area (Å²) in [5, 5.41) is 2.35. The first-order valence-corrected chi connectivity index (χ1v) is 13.3. The molecule has 1 fully saturated rings. The van der Waals surface area contributed by atoms with Crippen molar-refractivity contribution < 1.29 is 6.11 Å². The lowest BCUT2D eigenvalue weighted by Gasteiger charge is -2.34. The lowest BCUT2D eigenvalue weighted by atomic mass is 9.71. The number of nitrogens with zero attached hydrogens (tertiary/aromatic N) is 1. The van der Waals surface area contributed by atoms with Gasteiger partial charge < -0.3 is 4.74 Å². The highest BCUT2D eigenvalue weighted by Crippen LogP contribution is 2.50. The Labute approximate surface area is 220 Å². The third-order valence-corrected chi connectivity index (χ3v) is 8.25. The number of aromatic nitrogens is 1. The first kappa shape index (κ1) is 21.2. The summed E-state index contributed by atoms with van der Waals surface area (Å²) in [5.41, 5.74) is 7.91. The number of pyridine rings is 1. The molecule has 1 saturated carbocycles. The number of ether oxygens (including phenoxy) is 1. The van der Waals surface area contributed by atoms with Crippen molar-refractivity contribution in [2.24, 2.45) is 5.41 Å². The molecule has 2 heterocycles. The van der Waals surface area contributed by atoms with E-state index in [2.05, 4.69) is 92.7 Å². The van der Waals surface area contributed by atoms with Gasteiger partial charge in [0, 0.05) is 24.1 Å². The summed E-state index contributed by atoms with van der Waals surface area (Å²) < 4.78 is 15.6. The van der Waals surface area contributed by atoms with Crippen LogP contribution < -0.4 is 4.74 Å². The van der Waals surface area contributed by atoms with Gasteiger partial charge in [-0.05, 0) is 88.9 Å². The van der Waals surface area contributed by atoms with E-state index in [9.17, 15) is 0 Å². The highest BCUT2D eigenvalue weighted by Gasteiger charge is 2.27. The van der Waals surface area contributed by atoms with Crippen LogP contribution in [0.4, 0.5) is 0 Å². The maximum Gasteiger partial charge on any atom is 0.144 e. The molecule has 0 N–H and O–H groups in total. The Kier molecular flexibility index (Phi) is 4.92. The maximum absolute atomic E-state index is 9.12. The number of rotatable bonds is 3. The van der Waals surface area contributed by atoms with Crippen LogP contribution >= 0.6 is 0 Å². The third-order valence-electron chi connectivity index (χ3n) is 8.25. The summed E-state index contributed by atoms with van der Waals surface area (Å²) >= 11 is 0. The van der Waals surface area contributed by atoms with Crippen LogP contribution in [-0.2, 0) is 0 Å². The predicted molar refractivity (Wildman–Crippen MR) is 153 cm³/mol. The molecular weight excluding hydrogens is 450 g/mol. The Morgan fingerprint density at radius 2 is 1.49 bits per heavy atom. The average Bonchev–Trinajstić information content (AvgIpc) is 2.95. The van der Waals surface area contributed by atoms with Gasteiger partial charge in [-0.15, -0.1) is 0 Å². The largest absolute Gasteiger partial charge is 0.455 e. The standard InChI is InChI=1S/C35H31NO/c1-35(2)19-16-25(17-20-35)23-12-14-24(15-13-23)27-18-21-36-31(22-27)30-10-5-9-29-28-8-3-6-26-7-4-11-32(33(26)28)37-34(29)30/h3-15,18,21-22,25H,16-17,19-20H2,1-2H3/i25D. The van der Waals surface area contributed by atoms with Crippen LogP contribution in [0.5, 0.6) is 11.5 Å². The molecule has 2 heteroatoms. The first-order valence-electron chi connectivity index (χ1n) is 13.8. The molecular formula is C35H31NO. The zero-order valence-electron chi connectivity index (χ0n) is 22.4. The van der Waals surface area contributed by atoms with Gasteiger partial charge in [-0.25, -0.2) is 0 Å². The monoisotopic (exact) mass is 482 g/mol. The smallest absolute Gasteiger partial charge is 0.144 e. The predicted octanol–water partition coefficient (Wildman–Crippen LogP) is 10.0. The van der Waals surface area contributed by atoms with E-state index in [1.807, 2.05) is 18.3 Å². The van der Waals surface area contributed by atoms with Crippen molar-refractivity contribution in [1.29, 1.82) is 0 Å². The summed E-state index contributed by atoms with van der Waals surface area (Å²) in [6.07, 6.45) is 5.94. The number of fused-ring (bicyclic) bond motifs is 2. The Balaban J connectivity index is 1.24. The highest BCUT2D eigenvalue weighted by molar-refractivity contribution is 6.05. The number of para-hydroxylation sites is 1. The second kappa shape index (κ2) is 8.59. The fraction of sp³-hybridized carbons (Fsp3) is 0.229. The minimum Gasteiger partial charge on any atom is -0.455 e. The molecule has 5 aromatic rings. The minimum absolute atomic E-state index is 0.354. The lowest BCUT2D eigenvalue weighted by molar-refractivity contribution is 0.224. The normalized spacial score (nSPS) is 17.5. The van der Waals surface area contributed by atoms with Crippen LogP contribution in [0.3, 0.4) is 0 Å². The van der Waals surface area contributed by atoms with Crippen molar-refractivity contribution in [3.05, 3.63) is 103 Å². The SMILES string of the molecule is [2H]C1(c2ccc(-c3ccnc(-c4cccc5c4Oc4cccc6cccc-5c46)c3)cc2)CCC(C)(C)CC1. The van der Waals surface area contributed by atoms with Gasteiger partial charge in [0.1, 0.15) is 11.5 Å². The number of benzene rings is 4. The summed E-state index contributed by atoms with van der Waals surface area (Å²) in [5.74, 6) is 1.27. The third kappa shape index (κ3) is 3.92. The molecule has 182 valence electrons. The van der Waals surface area contributed by atoms with E-state index in [-0.39, 0.29) is 0 Å². The van der Waals surface area contributed by atoms with Gasteiger partial charge >= 0.3 is 0 Å². The fourth-order valence-corrected chi connectivity index (χ4v) is 5.96. The van der Waals surface area contributed by atoms with Crippen LogP contribution in [0.1, 0.15) is 52.4 Å². The maximum atomic E-state index is 9.12. The van der Waals surface area contributed by atoms with Gasteiger partial charge in [0.15, 0.2) is 0 Å². The van der Waals surface area contributed by atoms with Crippen molar-refractivity contribution >= 4 is 10.8 Å². The molecule has 2 aliphatic rings.